The molecule has 0 unspecified atom stereocenters. The molecule has 1 heterocycles. The first-order valence-electron chi connectivity index (χ1n) is 6.28. The molecule has 13 heteroatoms. The van der Waals surface area contributed by atoms with Gasteiger partial charge in [-0.25, -0.2) is 0 Å². The summed E-state index contributed by atoms with van der Waals surface area (Å²) in [5.41, 5.74) is 0. The fourth-order valence-electron chi connectivity index (χ4n) is 0.609. The van der Waals surface area contributed by atoms with Gasteiger partial charge in [0.2, 0.25) is 0 Å². The Labute approximate surface area is 214 Å². The fourth-order valence-corrected chi connectivity index (χ4v) is 28.3. The summed E-state index contributed by atoms with van der Waals surface area (Å²) < 4.78 is 7.45. The van der Waals surface area contributed by atoms with E-state index in [9.17, 15) is 0 Å². The standard InChI is InChI=1S/C4S.4C2H4O2.4Hg/c1-2-4-5-3-1;4*1-2(3)4;;;;/h;4*1H3,(H,3,4);;;;. The first-order valence-corrected chi connectivity index (χ1v) is 18.1. The van der Waals surface area contributed by atoms with Gasteiger partial charge in [0.25, 0.3) is 23.9 Å². The second kappa shape index (κ2) is 21.6. The molecule has 0 aromatic carbocycles. The zero-order chi connectivity index (χ0) is 21.3. The van der Waals surface area contributed by atoms with Gasteiger partial charge in [-0.1, -0.05) is 0 Å². The van der Waals surface area contributed by atoms with Crippen LogP contribution in [-0.2, 0) is 124 Å². The molecular formula is C12H16Hg4O8S. The van der Waals surface area contributed by atoms with Crippen LogP contribution in [0.2, 0.25) is 0 Å². The number of hydrogen-bond acceptors (Lipinski definition) is 5. The van der Waals surface area contributed by atoms with Crippen molar-refractivity contribution in [3.8, 4) is 0 Å². The molecule has 0 aliphatic rings. The molecule has 0 spiro atoms. The van der Waals surface area contributed by atoms with Crippen LogP contribution in [0.25, 0.3) is 0 Å². The molecule has 0 aliphatic heterocycles. The van der Waals surface area contributed by atoms with Gasteiger partial charge < -0.3 is 20.4 Å². The van der Waals surface area contributed by atoms with Crippen LogP contribution in [0.1, 0.15) is 27.7 Å². The zero-order valence-corrected chi connectivity index (χ0v) is 37.5. The van der Waals surface area contributed by atoms with Crippen molar-refractivity contribution in [3.05, 3.63) is 0 Å². The minimum atomic E-state index is -0.833. The van der Waals surface area contributed by atoms with Crippen LogP contribution >= 0.6 is 11.3 Å². The number of carbonyl (C=O) groups is 4. The average molecular weight is 1120 g/mol. The molecule has 4 N–H and O–H groups in total. The SMILES string of the molecule is CC(=O)O.CC(=O)O.CC(=O)O.CC(=O)O.[Hg][c]1s[c]([Hg])[c]([Hg])[c]1[Hg]. The minimum absolute atomic E-state index is 0.833. The van der Waals surface area contributed by atoms with Gasteiger partial charge in [-0.05, 0) is 0 Å². The van der Waals surface area contributed by atoms with E-state index in [0.717, 1.165) is 132 Å². The molecule has 0 saturated heterocycles. The molecule has 0 aliphatic carbocycles. The van der Waals surface area contributed by atoms with E-state index in [4.69, 9.17) is 39.6 Å². The second-order valence-corrected chi connectivity index (χ2v) is 20.2. The molecule has 0 bridgehead atoms. The first kappa shape index (κ1) is 33.9. The Morgan fingerprint density at radius 3 is 0.760 bits per heavy atom. The summed E-state index contributed by atoms with van der Waals surface area (Å²) in [6, 6.07) is 0. The van der Waals surface area contributed by atoms with Crippen molar-refractivity contribution in [2.24, 2.45) is 0 Å². The van der Waals surface area contributed by atoms with Crippen LogP contribution in [0.3, 0.4) is 0 Å². The molecular weight excluding hydrogens is 1110 g/mol. The van der Waals surface area contributed by atoms with Crippen molar-refractivity contribution < 1.29 is 144 Å². The van der Waals surface area contributed by atoms with E-state index in [1.807, 2.05) is 10.9 Å². The molecule has 0 amide bonds. The predicted molar refractivity (Wildman–Crippen MR) is 76.1 cm³/mol. The quantitative estimate of drug-likeness (QED) is 0.237. The van der Waals surface area contributed by atoms with Gasteiger partial charge in [0.15, 0.2) is 0 Å². The Kier molecular flexibility index (Phi) is 29.3. The van der Waals surface area contributed by atoms with Gasteiger partial charge in [0.1, 0.15) is 0 Å². The number of hydrogen-bond donors (Lipinski definition) is 4. The van der Waals surface area contributed by atoms with E-state index in [1.54, 1.807) is 0 Å². The maximum absolute atomic E-state index is 9.00. The van der Waals surface area contributed by atoms with Crippen molar-refractivity contribution in [1.82, 2.24) is 0 Å². The molecule has 0 atom stereocenters. The molecule has 1 rings (SSSR count). The molecule has 25 heavy (non-hydrogen) atoms. The number of aliphatic carboxylic acids is 4. The number of carboxylic acid groups (broad SMARTS) is 4. The summed E-state index contributed by atoms with van der Waals surface area (Å²) in [6.07, 6.45) is 0. The monoisotopic (exact) mass is 1130 g/mol. The normalized spacial score (nSPS) is 7.84. The van der Waals surface area contributed by atoms with Crippen LogP contribution < -0.4 is 10.9 Å². The van der Waals surface area contributed by atoms with Gasteiger partial charge >= 0.3 is 127 Å². The maximum atomic E-state index is 9.00. The van der Waals surface area contributed by atoms with E-state index in [0.29, 0.717) is 0 Å². The van der Waals surface area contributed by atoms with Crippen LogP contribution in [0.5, 0.6) is 0 Å². The number of thiophene rings is 1. The van der Waals surface area contributed by atoms with Gasteiger partial charge in [-0.15, -0.1) is 0 Å². The Balaban J connectivity index is -0.000000119. The van der Waals surface area contributed by atoms with Gasteiger partial charge in [-0.2, -0.15) is 0 Å². The Hall–Kier alpha value is 1.32. The van der Waals surface area contributed by atoms with Crippen molar-refractivity contribution in [2.75, 3.05) is 0 Å². The average Bonchev–Trinajstić information content (AvgIpc) is 2.53. The van der Waals surface area contributed by atoms with E-state index in [1.165, 1.54) is 0 Å². The summed E-state index contributed by atoms with van der Waals surface area (Å²) in [5, 5.41) is 29.7. The molecule has 8 nitrogen and oxygen atoms in total. The summed E-state index contributed by atoms with van der Waals surface area (Å²) in [4.78, 5) is 36.0. The third-order valence-electron chi connectivity index (χ3n) is 1.28. The van der Waals surface area contributed by atoms with Crippen LogP contribution in [-0.4, -0.2) is 44.3 Å². The Morgan fingerprint density at radius 1 is 0.600 bits per heavy atom. The fraction of sp³-hybridized carbons (Fsp3) is 0.333. The molecule has 126 valence electrons. The van der Waals surface area contributed by atoms with Crippen LogP contribution in [0, 0.1) is 0 Å². The first-order chi connectivity index (χ1) is 11.1. The molecule has 1 aromatic rings. The van der Waals surface area contributed by atoms with E-state index < -0.39 is 23.9 Å². The molecule has 1 aromatic heterocycles. The summed E-state index contributed by atoms with van der Waals surface area (Å²) >= 11 is 5.94. The van der Waals surface area contributed by atoms with E-state index in [-0.39, 0.29) is 0 Å². The van der Waals surface area contributed by atoms with Crippen LogP contribution in [0.4, 0.5) is 0 Å². The van der Waals surface area contributed by atoms with E-state index in [2.05, 4.69) is 11.3 Å². The van der Waals surface area contributed by atoms with Crippen molar-refractivity contribution >= 4 is 46.1 Å². The topological polar surface area (TPSA) is 149 Å². The Bertz CT molecular complexity index is 473. The molecule has 0 radical (unpaired) electrons. The van der Waals surface area contributed by atoms with Gasteiger partial charge in [-0.3, -0.25) is 19.2 Å². The third kappa shape index (κ3) is 45.9. The molecule has 0 fully saturated rings. The zero-order valence-electron chi connectivity index (χ0n) is 14.7. The Morgan fingerprint density at radius 2 is 0.720 bits per heavy atom. The summed E-state index contributed by atoms with van der Waals surface area (Å²) in [7, 11) is 0. The summed E-state index contributed by atoms with van der Waals surface area (Å²) in [6.45, 7) is 4.33. The summed E-state index contributed by atoms with van der Waals surface area (Å²) in [5.74, 6) is -3.33. The van der Waals surface area contributed by atoms with E-state index >= 15 is 0 Å². The number of carboxylic acids is 4. The van der Waals surface area contributed by atoms with Crippen LogP contribution in [0.15, 0.2) is 0 Å². The number of rotatable bonds is 0. The van der Waals surface area contributed by atoms with Gasteiger partial charge in [0, 0.05) is 27.7 Å². The van der Waals surface area contributed by atoms with Crippen molar-refractivity contribution in [3.63, 3.8) is 0 Å². The predicted octanol–water partition coefficient (Wildman–Crippen LogP) is -1.20. The molecule has 0 saturated carbocycles. The third-order valence-corrected chi connectivity index (χ3v) is 40.3. The van der Waals surface area contributed by atoms with Crippen molar-refractivity contribution in [1.29, 1.82) is 0 Å². The second-order valence-electron chi connectivity index (χ2n) is 3.98. The van der Waals surface area contributed by atoms with Crippen molar-refractivity contribution in [2.45, 2.75) is 27.7 Å². The van der Waals surface area contributed by atoms with Gasteiger partial charge in [0.05, 0.1) is 0 Å².